The number of alkyl halides is 1. The standard InChI is InChI=1S/C24H22FNO2/c25-17-7-8-19-13-15-20(16-14-19)18-23(24(27)28)26(21-9-3-1-4-10-21)22-11-5-2-6-12-22/h1-16,23H,17-18H2,(H,27,28)/t23-/m0/s1. The number of carboxylic acid groups (broad SMARTS) is 1. The summed E-state index contributed by atoms with van der Waals surface area (Å²) in [6.07, 6.45) is 3.49. The first-order valence-corrected chi connectivity index (χ1v) is 9.12. The molecule has 0 amide bonds. The van der Waals surface area contributed by atoms with E-state index < -0.39 is 18.7 Å². The van der Waals surface area contributed by atoms with Crippen LogP contribution in [0, 0.1) is 0 Å². The van der Waals surface area contributed by atoms with E-state index in [9.17, 15) is 14.3 Å². The molecule has 0 spiro atoms. The molecule has 142 valence electrons. The lowest BCUT2D eigenvalue weighted by Gasteiger charge is -2.31. The topological polar surface area (TPSA) is 40.5 Å². The van der Waals surface area contributed by atoms with E-state index in [-0.39, 0.29) is 0 Å². The third-order valence-electron chi connectivity index (χ3n) is 4.47. The lowest BCUT2D eigenvalue weighted by molar-refractivity contribution is -0.138. The molecule has 4 heteroatoms. The van der Waals surface area contributed by atoms with Gasteiger partial charge < -0.3 is 10.0 Å². The molecule has 0 saturated carbocycles. The Morgan fingerprint density at radius 3 is 1.89 bits per heavy atom. The lowest BCUT2D eigenvalue weighted by Crippen LogP contribution is -2.39. The lowest BCUT2D eigenvalue weighted by atomic mass is 10.0. The largest absolute Gasteiger partial charge is 0.480 e. The molecule has 0 aromatic heterocycles. The first-order chi connectivity index (χ1) is 13.7. The molecule has 3 aromatic carbocycles. The molecule has 0 radical (unpaired) electrons. The Hall–Kier alpha value is -3.40. The van der Waals surface area contributed by atoms with E-state index in [1.807, 2.05) is 89.8 Å². The summed E-state index contributed by atoms with van der Waals surface area (Å²) in [7, 11) is 0. The molecule has 0 bridgehead atoms. The first kappa shape index (κ1) is 19.4. The first-order valence-electron chi connectivity index (χ1n) is 9.12. The van der Waals surface area contributed by atoms with Crippen LogP contribution in [0.1, 0.15) is 11.1 Å². The third kappa shape index (κ3) is 4.86. The van der Waals surface area contributed by atoms with Crippen molar-refractivity contribution in [3.63, 3.8) is 0 Å². The molecule has 0 heterocycles. The van der Waals surface area contributed by atoms with Crippen LogP contribution in [-0.4, -0.2) is 23.8 Å². The Bertz CT molecular complexity index is 869. The average molecular weight is 375 g/mol. The molecule has 3 nitrogen and oxygen atoms in total. The van der Waals surface area contributed by atoms with Gasteiger partial charge in [0, 0.05) is 17.8 Å². The number of halogens is 1. The predicted molar refractivity (Wildman–Crippen MR) is 112 cm³/mol. The van der Waals surface area contributed by atoms with Gasteiger partial charge in [-0.1, -0.05) is 72.8 Å². The quantitative estimate of drug-likeness (QED) is 0.565. The Balaban J connectivity index is 1.93. The number of allylic oxidation sites excluding steroid dienone is 1. The minimum Gasteiger partial charge on any atom is -0.480 e. The molecule has 1 atom stereocenters. The summed E-state index contributed by atoms with van der Waals surface area (Å²) in [5.74, 6) is -0.894. The second kappa shape index (κ2) is 9.51. The van der Waals surface area contributed by atoms with Crippen LogP contribution >= 0.6 is 0 Å². The highest BCUT2D eigenvalue weighted by atomic mass is 19.1. The highest BCUT2D eigenvalue weighted by Crippen LogP contribution is 2.29. The second-order valence-corrected chi connectivity index (χ2v) is 6.40. The summed E-state index contributed by atoms with van der Waals surface area (Å²) in [4.78, 5) is 14.1. The van der Waals surface area contributed by atoms with Crippen molar-refractivity contribution in [2.75, 3.05) is 11.6 Å². The van der Waals surface area contributed by atoms with E-state index in [0.717, 1.165) is 22.5 Å². The summed E-state index contributed by atoms with van der Waals surface area (Å²) in [5, 5.41) is 10.0. The number of para-hydroxylation sites is 2. The van der Waals surface area contributed by atoms with Crippen molar-refractivity contribution in [3.8, 4) is 0 Å². The van der Waals surface area contributed by atoms with Gasteiger partial charge in [0.15, 0.2) is 0 Å². The van der Waals surface area contributed by atoms with Gasteiger partial charge in [0.25, 0.3) is 0 Å². The van der Waals surface area contributed by atoms with E-state index in [2.05, 4.69) is 0 Å². The van der Waals surface area contributed by atoms with Gasteiger partial charge in [0.05, 0.1) is 0 Å². The number of hydrogen-bond acceptors (Lipinski definition) is 2. The van der Waals surface area contributed by atoms with Gasteiger partial charge in [0.1, 0.15) is 12.7 Å². The van der Waals surface area contributed by atoms with Crippen LogP contribution in [0.5, 0.6) is 0 Å². The summed E-state index contributed by atoms with van der Waals surface area (Å²) in [5.41, 5.74) is 3.44. The predicted octanol–water partition coefficient (Wildman–Crippen LogP) is 5.50. The molecule has 3 aromatic rings. The summed E-state index contributed by atoms with van der Waals surface area (Å²) in [6.45, 7) is -0.508. The van der Waals surface area contributed by atoms with Gasteiger partial charge >= 0.3 is 5.97 Å². The fourth-order valence-corrected chi connectivity index (χ4v) is 3.14. The van der Waals surface area contributed by atoms with E-state index >= 15 is 0 Å². The van der Waals surface area contributed by atoms with E-state index in [0.29, 0.717) is 6.42 Å². The minimum atomic E-state index is -0.894. The highest BCUT2D eigenvalue weighted by molar-refractivity contribution is 5.83. The number of anilines is 2. The van der Waals surface area contributed by atoms with Crippen molar-refractivity contribution in [2.24, 2.45) is 0 Å². The molecular formula is C24H22FNO2. The maximum absolute atomic E-state index is 12.3. The van der Waals surface area contributed by atoms with E-state index in [1.165, 1.54) is 6.08 Å². The number of carboxylic acids is 1. The SMILES string of the molecule is O=C(O)[C@H](Cc1ccc(C=CCF)cc1)N(c1ccccc1)c1ccccc1. The molecule has 0 unspecified atom stereocenters. The molecule has 1 N–H and O–H groups in total. The number of aliphatic carboxylic acids is 1. The molecule has 3 rings (SSSR count). The van der Waals surface area contributed by atoms with Gasteiger partial charge in [-0.05, 0) is 35.4 Å². The Morgan fingerprint density at radius 1 is 0.893 bits per heavy atom. The van der Waals surface area contributed by atoms with Crippen LogP contribution in [-0.2, 0) is 11.2 Å². The number of nitrogens with zero attached hydrogens (tertiary/aromatic N) is 1. The van der Waals surface area contributed by atoms with Crippen molar-refractivity contribution < 1.29 is 14.3 Å². The van der Waals surface area contributed by atoms with Gasteiger partial charge in [-0.25, -0.2) is 9.18 Å². The smallest absolute Gasteiger partial charge is 0.327 e. The second-order valence-electron chi connectivity index (χ2n) is 6.40. The Kier molecular flexibility index (Phi) is 6.58. The minimum absolute atomic E-state index is 0.340. The molecule has 0 aliphatic carbocycles. The number of hydrogen-bond donors (Lipinski definition) is 1. The van der Waals surface area contributed by atoms with Crippen molar-refractivity contribution in [2.45, 2.75) is 12.5 Å². The molecule has 0 saturated heterocycles. The zero-order valence-corrected chi connectivity index (χ0v) is 15.4. The fourth-order valence-electron chi connectivity index (χ4n) is 3.14. The maximum atomic E-state index is 12.3. The molecule has 0 aliphatic heterocycles. The van der Waals surface area contributed by atoms with E-state index in [1.54, 1.807) is 6.08 Å². The third-order valence-corrected chi connectivity index (χ3v) is 4.47. The molecular weight excluding hydrogens is 353 g/mol. The van der Waals surface area contributed by atoms with Gasteiger partial charge in [-0.2, -0.15) is 0 Å². The summed E-state index contributed by atoms with van der Waals surface area (Å²) < 4.78 is 12.3. The van der Waals surface area contributed by atoms with Crippen LogP contribution < -0.4 is 4.90 Å². The van der Waals surface area contributed by atoms with Crippen molar-refractivity contribution in [3.05, 3.63) is 102 Å². The normalized spacial score (nSPS) is 12.0. The average Bonchev–Trinajstić information content (AvgIpc) is 2.74. The Morgan fingerprint density at radius 2 is 1.43 bits per heavy atom. The fraction of sp³-hybridized carbons (Fsp3) is 0.125. The van der Waals surface area contributed by atoms with Crippen LogP contribution in [0.25, 0.3) is 6.08 Å². The monoisotopic (exact) mass is 375 g/mol. The maximum Gasteiger partial charge on any atom is 0.327 e. The highest BCUT2D eigenvalue weighted by Gasteiger charge is 2.27. The number of rotatable bonds is 8. The zero-order valence-electron chi connectivity index (χ0n) is 15.4. The van der Waals surface area contributed by atoms with Crippen molar-refractivity contribution in [1.82, 2.24) is 0 Å². The zero-order chi connectivity index (χ0) is 19.8. The van der Waals surface area contributed by atoms with Crippen LogP contribution in [0.4, 0.5) is 15.8 Å². The van der Waals surface area contributed by atoms with Crippen LogP contribution in [0.2, 0.25) is 0 Å². The van der Waals surface area contributed by atoms with Crippen LogP contribution in [0.15, 0.2) is 91.0 Å². The van der Waals surface area contributed by atoms with Gasteiger partial charge in [0.2, 0.25) is 0 Å². The number of benzene rings is 3. The van der Waals surface area contributed by atoms with Crippen molar-refractivity contribution in [1.29, 1.82) is 0 Å². The molecule has 0 fully saturated rings. The van der Waals surface area contributed by atoms with E-state index in [4.69, 9.17) is 0 Å². The van der Waals surface area contributed by atoms with Gasteiger partial charge in [-0.15, -0.1) is 0 Å². The van der Waals surface area contributed by atoms with Crippen molar-refractivity contribution >= 4 is 23.4 Å². The Labute approximate surface area is 164 Å². The molecule has 0 aliphatic rings. The van der Waals surface area contributed by atoms with Gasteiger partial charge in [-0.3, -0.25) is 0 Å². The summed E-state index contributed by atoms with van der Waals surface area (Å²) in [6, 6.07) is 25.8. The molecule has 28 heavy (non-hydrogen) atoms. The number of carbonyl (C=O) groups is 1. The van der Waals surface area contributed by atoms with Crippen LogP contribution in [0.3, 0.4) is 0 Å². The summed E-state index contributed by atoms with van der Waals surface area (Å²) >= 11 is 0.